The summed E-state index contributed by atoms with van der Waals surface area (Å²) in [7, 11) is -3.57. The van der Waals surface area contributed by atoms with Gasteiger partial charge in [0.05, 0.1) is 40.1 Å². The summed E-state index contributed by atoms with van der Waals surface area (Å²) < 4.78 is 34.5. The third-order valence-electron chi connectivity index (χ3n) is 4.39. The third-order valence-corrected chi connectivity index (χ3v) is 7.41. The second kappa shape index (κ2) is 8.39. The molecule has 0 radical (unpaired) electrons. The van der Waals surface area contributed by atoms with Crippen LogP contribution < -0.4 is 0 Å². The Labute approximate surface area is 169 Å². The number of rotatable bonds is 8. The molecule has 1 aromatic carbocycles. The quantitative estimate of drug-likeness (QED) is 0.518. The third kappa shape index (κ3) is 3.94. The van der Waals surface area contributed by atoms with Gasteiger partial charge in [0, 0.05) is 13.1 Å². The second-order valence-electron chi connectivity index (χ2n) is 6.19. The van der Waals surface area contributed by atoms with Gasteiger partial charge in [0.15, 0.2) is 5.16 Å². The molecule has 28 heavy (non-hydrogen) atoms. The summed E-state index contributed by atoms with van der Waals surface area (Å²) in [6, 6.07) is 10.9. The molecule has 1 atom stereocenters. The average Bonchev–Trinajstić information content (AvgIpc) is 3.30. The predicted molar refractivity (Wildman–Crippen MR) is 109 cm³/mol. The van der Waals surface area contributed by atoms with E-state index in [1.165, 1.54) is 16.1 Å². The van der Waals surface area contributed by atoms with Gasteiger partial charge in [-0.15, -0.1) is 0 Å². The molecule has 148 valence electrons. The number of hydrogen-bond acceptors (Lipinski definition) is 6. The number of aromatic nitrogens is 2. The molecule has 7 nitrogen and oxygen atoms in total. The fourth-order valence-electron chi connectivity index (χ4n) is 2.95. The summed E-state index contributed by atoms with van der Waals surface area (Å²) >= 11 is 1.34. The van der Waals surface area contributed by atoms with Crippen molar-refractivity contribution in [3.05, 3.63) is 42.4 Å². The van der Waals surface area contributed by atoms with Gasteiger partial charge in [-0.25, -0.2) is 13.4 Å². The van der Waals surface area contributed by atoms with E-state index in [2.05, 4.69) is 11.1 Å². The van der Waals surface area contributed by atoms with Crippen LogP contribution in [0.3, 0.4) is 0 Å². The Bertz CT molecular complexity index is 1090. The summed E-state index contributed by atoms with van der Waals surface area (Å²) in [5.74, 6) is 0.755. The Morgan fingerprint density at radius 1 is 1.32 bits per heavy atom. The number of sulfonamides is 1. The van der Waals surface area contributed by atoms with Crippen molar-refractivity contribution in [2.24, 2.45) is 0 Å². The Hall–Kier alpha value is -2.28. The van der Waals surface area contributed by atoms with Gasteiger partial charge in [-0.05, 0) is 37.3 Å². The van der Waals surface area contributed by atoms with Crippen molar-refractivity contribution in [1.29, 1.82) is 5.26 Å². The fourth-order valence-corrected chi connectivity index (χ4v) is 5.23. The molecule has 2 heterocycles. The highest BCUT2D eigenvalue weighted by Crippen LogP contribution is 2.30. The molecule has 0 spiro atoms. The van der Waals surface area contributed by atoms with Crippen LogP contribution in [0.25, 0.3) is 11.0 Å². The van der Waals surface area contributed by atoms with Crippen LogP contribution in [0.15, 0.2) is 51.1 Å². The maximum absolute atomic E-state index is 12.8. The molecule has 0 N–H and O–H groups in total. The zero-order valence-electron chi connectivity index (χ0n) is 16.0. The number of fused-ring (bicyclic) bond motifs is 1. The lowest BCUT2D eigenvalue weighted by Gasteiger charge is -2.18. The van der Waals surface area contributed by atoms with E-state index < -0.39 is 10.0 Å². The predicted octanol–water partition coefficient (Wildman–Crippen LogP) is 3.71. The molecule has 1 unspecified atom stereocenters. The summed E-state index contributed by atoms with van der Waals surface area (Å²) in [6.07, 6.45) is 1.61. The molecule has 0 amide bonds. The number of furan rings is 1. The second-order valence-corrected chi connectivity index (χ2v) is 9.43. The van der Waals surface area contributed by atoms with Crippen molar-refractivity contribution in [1.82, 2.24) is 13.9 Å². The van der Waals surface area contributed by atoms with E-state index in [1.54, 1.807) is 31.4 Å². The van der Waals surface area contributed by atoms with Crippen molar-refractivity contribution in [3.63, 3.8) is 0 Å². The Morgan fingerprint density at radius 3 is 2.68 bits per heavy atom. The molecule has 0 aliphatic rings. The van der Waals surface area contributed by atoms with Gasteiger partial charge in [0.1, 0.15) is 5.76 Å². The van der Waals surface area contributed by atoms with Gasteiger partial charge in [0.25, 0.3) is 0 Å². The molecule has 0 saturated heterocycles. The summed E-state index contributed by atoms with van der Waals surface area (Å²) in [5.41, 5.74) is 1.37. The van der Waals surface area contributed by atoms with E-state index in [4.69, 9.17) is 4.42 Å². The molecular weight excluding hydrogens is 396 g/mol. The molecule has 0 fully saturated rings. The van der Waals surface area contributed by atoms with Gasteiger partial charge < -0.3 is 8.98 Å². The van der Waals surface area contributed by atoms with Crippen molar-refractivity contribution in [2.45, 2.75) is 42.6 Å². The first-order valence-electron chi connectivity index (χ1n) is 8.99. The van der Waals surface area contributed by atoms with Crippen LogP contribution in [0.5, 0.6) is 0 Å². The van der Waals surface area contributed by atoms with E-state index in [-0.39, 0.29) is 10.1 Å². The first kappa shape index (κ1) is 20.5. The number of benzene rings is 1. The maximum atomic E-state index is 12.8. The molecule has 9 heteroatoms. The highest BCUT2D eigenvalue weighted by atomic mass is 32.2. The average molecular weight is 419 g/mol. The van der Waals surface area contributed by atoms with Gasteiger partial charge in [0.2, 0.25) is 10.0 Å². The number of thioether (sulfide) groups is 1. The van der Waals surface area contributed by atoms with Crippen LogP contribution in [0.1, 0.15) is 26.5 Å². The van der Waals surface area contributed by atoms with Crippen LogP contribution in [-0.4, -0.2) is 40.6 Å². The molecule has 0 aliphatic heterocycles. The van der Waals surface area contributed by atoms with Crippen LogP contribution in [-0.2, 0) is 16.6 Å². The number of nitrogens with zero attached hydrogens (tertiary/aromatic N) is 4. The van der Waals surface area contributed by atoms with E-state index in [0.29, 0.717) is 30.3 Å². The number of hydrogen-bond donors (Lipinski definition) is 0. The van der Waals surface area contributed by atoms with Crippen LogP contribution >= 0.6 is 11.8 Å². The minimum atomic E-state index is -3.57. The van der Waals surface area contributed by atoms with Crippen molar-refractivity contribution >= 4 is 32.8 Å². The fraction of sp³-hybridized carbons (Fsp3) is 0.368. The van der Waals surface area contributed by atoms with Gasteiger partial charge >= 0.3 is 0 Å². The minimum Gasteiger partial charge on any atom is -0.467 e. The summed E-state index contributed by atoms with van der Waals surface area (Å²) in [6.45, 7) is 6.70. The summed E-state index contributed by atoms with van der Waals surface area (Å²) in [4.78, 5) is 4.84. The first-order chi connectivity index (χ1) is 13.4. The molecule has 3 rings (SSSR count). The standard InChI is InChI=1S/C19H22N4O3S2/c1-4-22(5-2)28(24,25)16-8-9-18-17(11-16)21-19(27-14(3)12-20)23(18)13-15-7-6-10-26-15/h6-11,14H,4-5,13H2,1-3H3. The lowest BCUT2D eigenvalue weighted by molar-refractivity contribution is 0.445. The molecule has 2 aromatic heterocycles. The zero-order valence-corrected chi connectivity index (χ0v) is 17.6. The first-order valence-corrected chi connectivity index (χ1v) is 11.3. The van der Waals surface area contributed by atoms with Crippen LogP contribution in [0.4, 0.5) is 0 Å². The van der Waals surface area contributed by atoms with Gasteiger partial charge in [-0.2, -0.15) is 9.57 Å². The zero-order chi connectivity index (χ0) is 20.3. The smallest absolute Gasteiger partial charge is 0.243 e. The SMILES string of the molecule is CCN(CC)S(=O)(=O)c1ccc2c(c1)nc(SC(C)C#N)n2Cc1ccco1. The van der Waals surface area contributed by atoms with Gasteiger partial charge in [-0.3, -0.25) is 0 Å². The van der Waals surface area contributed by atoms with E-state index >= 15 is 0 Å². The Morgan fingerprint density at radius 2 is 2.07 bits per heavy atom. The van der Waals surface area contributed by atoms with Crippen molar-refractivity contribution < 1.29 is 12.8 Å². The number of imidazole rings is 1. The molecule has 0 saturated carbocycles. The van der Waals surface area contributed by atoms with Crippen molar-refractivity contribution in [2.75, 3.05) is 13.1 Å². The normalized spacial score (nSPS) is 13.1. The topological polar surface area (TPSA) is 92.1 Å². The van der Waals surface area contributed by atoms with Crippen molar-refractivity contribution in [3.8, 4) is 6.07 Å². The highest BCUT2D eigenvalue weighted by molar-refractivity contribution is 8.00. The minimum absolute atomic E-state index is 0.219. The highest BCUT2D eigenvalue weighted by Gasteiger charge is 2.23. The number of nitriles is 1. The monoisotopic (exact) mass is 418 g/mol. The summed E-state index contributed by atoms with van der Waals surface area (Å²) in [5, 5.41) is 9.54. The Balaban J connectivity index is 2.10. The van der Waals surface area contributed by atoms with E-state index in [9.17, 15) is 13.7 Å². The van der Waals surface area contributed by atoms with E-state index in [1.807, 2.05) is 30.5 Å². The maximum Gasteiger partial charge on any atom is 0.243 e. The Kier molecular flexibility index (Phi) is 6.13. The van der Waals surface area contributed by atoms with Crippen LogP contribution in [0, 0.1) is 11.3 Å². The largest absolute Gasteiger partial charge is 0.467 e. The molecule has 3 aromatic rings. The molecule has 0 bridgehead atoms. The molecular formula is C19H22N4O3S2. The molecule has 0 aliphatic carbocycles. The van der Waals surface area contributed by atoms with Gasteiger partial charge in [-0.1, -0.05) is 25.6 Å². The lowest BCUT2D eigenvalue weighted by Crippen LogP contribution is -2.30. The van der Waals surface area contributed by atoms with Crippen LogP contribution in [0.2, 0.25) is 0 Å². The lowest BCUT2D eigenvalue weighted by atomic mass is 10.3. The van der Waals surface area contributed by atoms with E-state index in [0.717, 1.165) is 11.3 Å².